The molecule has 0 aliphatic rings. The van der Waals surface area contributed by atoms with Crippen LogP contribution in [0.15, 0.2) is 18.2 Å². The van der Waals surface area contributed by atoms with Gasteiger partial charge in [0.2, 0.25) is 0 Å². The number of carbonyl (C=O) groups is 1. The van der Waals surface area contributed by atoms with Crippen molar-refractivity contribution in [2.75, 3.05) is 6.61 Å². The first-order valence-electron chi connectivity index (χ1n) is 7.25. The SMILES string of the molecule is CCCCC(CC)COCc1cccc(C(=O)NN)n1. The van der Waals surface area contributed by atoms with Crippen LogP contribution in [0.4, 0.5) is 0 Å². The quantitative estimate of drug-likeness (QED) is 0.413. The van der Waals surface area contributed by atoms with Gasteiger partial charge in [-0.1, -0.05) is 39.2 Å². The van der Waals surface area contributed by atoms with Crippen molar-refractivity contribution in [3.8, 4) is 0 Å². The fourth-order valence-corrected chi connectivity index (χ4v) is 1.99. The number of ether oxygens (including phenoxy) is 1. The van der Waals surface area contributed by atoms with Crippen molar-refractivity contribution in [3.05, 3.63) is 29.6 Å². The van der Waals surface area contributed by atoms with Gasteiger partial charge in [-0.05, 0) is 24.5 Å². The highest BCUT2D eigenvalue weighted by molar-refractivity contribution is 5.91. The number of carbonyl (C=O) groups excluding carboxylic acids is 1. The van der Waals surface area contributed by atoms with Gasteiger partial charge in [-0.2, -0.15) is 0 Å². The van der Waals surface area contributed by atoms with Crippen molar-refractivity contribution in [3.63, 3.8) is 0 Å². The zero-order valence-electron chi connectivity index (χ0n) is 12.4. The molecule has 3 N–H and O–H groups in total. The highest BCUT2D eigenvalue weighted by atomic mass is 16.5. The van der Waals surface area contributed by atoms with E-state index in [0.717, 1.165) is 18.7 Å². The summed E-state index contributed by atoms with van der Waals surface area (Å²) in [7, 11) is 0. The highest BCUT2D eigenvalue weighted by Gasteiger charge is 2.08. The van der Waals surface area contributed by atoms with Crippen LogP contribution in [0, 0.1) is 5.92 Å². The lowest BCUT2D eigenvalue weighted by molar-refractivity contribution is 0.0796. The minimum absolute atomic E-state index is 0.312. The molecule has 0 aliphatic carbocycles. The Balaban J connectivity index is 2.43. The van der Waals surface area contributed by atoms with Gasteiger partial charge in [-0.25, -0.2) is 10.8 Å². The lowest BCUT2D eigenvalue weighted by Crippen LogP contribution is -2.30. The van der Waals surface area contributed by atoms with E-state index in [4.69, 9.17) is 10.6 Å². The van der Waals surface area contributed by atoms with Crippen molar-refractivity contribution in [1.29, 1.82) is 0 Å². The third kappa shape index (κ3) is 5.67. The number of hydrazine groups is 1. The van der Waals surface area contributed by atoms with Gasteiger partial charge in [-0.3, -0.25) is 10.2 Å². The van der Waals surface area contributed by atoms with Crippen LogP contribution in [0.1, 0.15) is 55.7 Å². The van der Waals surface area contributed by atoms with E-state index in [1.165, 1.54) is 19.3 Å². The molecule has 1 atom stereocenters. The molecule has 1 heterocycles. The number of rotatable bonds is 9. The van der Waals surface area contributed by atoms with Crippen LogP contribution in [0.2, 0.25) is 0 Å². The molecule has 1 amide bonds. The van der Waals surface area contributed by atoms with Crippen LogP contribution in [-0.2, 0) is 11.3 Å². The van der Waals surface area contributed by atoms with Gasteiger partial charge in [0.1, 0.15) is 5.69 Å². The van der Waals surface area contributed by atoms with E-state index in [-0.39, 0.29) is 5.91 Å². The Hall–Kier alpha value is -1.46. The number of nitrogens with two attached hydrogens (primary N) is 1. The Morgan fingerprint density at radius 3 is 2.90 bits per heavy atom. The fraction of sp³-hybridized carbons (Fsp3) is 0.600. The average molecular weight is 279 g/mol. The van der Waals surface area contributed by atoms with Crippen molar-refractivity contribution < 1.29 is 9.53 Å². The topological polar surface area (TPSA) is 77.2 Å². The van der Waals surface area contributed by atoms with Gasteiger partial charge in [0, 0.05) is 6.61 Å². The van der Waals surface area contributed by atoms with E-state index in [9.17, 15) is 4.79 Å². The van der Waals surface area contributed by atoms with Gasteiger partial charge in [0.15, 0.2) is 0 Å². The first-order chi connectivity index (χ1) is 9.71. The van der Waals surface area contributed by atoms with Crippen molar-refractivity contribution in [2.24, 2.45) is 11.8 Å². The second kappa shape index (κ2) is 9.44. The van der Waals surface area contributed by atoms with E-state index in [1.54, 1.807) is 12.1 Å². The standard InChI is InChI=1S/C15H25N3O2/c1-3-5-7-12(4-2)10-20-11-13-8-6-9-14(17-13)15(19)18-16/h6,8-9,12H,3-5,7,10-11,16H2,1-2H3,(H,18,19). The number of hydrogen-bond acceptors (Lipinski definition) is 4. The van der Waals surface area contributed by atoms with Crippen molar-refractivity contribution >= 4 is 5.91 Å². The molecular formula is C15H25N3O2. The molecule has 0 aromatic carbocycles. The second-order valence-corrected chi connectivity index (χ2v) is 4.92. The van der Waals surface area contributed by atoms with Gasteiger partial charge < -0.3 is 4.74 Å². The number of nitrogens with zero attached hydrogens (tertiary/aromatic N) is 1. The molecule has 0 radical (unpaired) electrons. The molecule has 0 saturated carbocycles. The summed E-state index contributed by atoms with van der Waals surface area (Å²) >= 11 is 0. The predicted molar refractivity (Wildman–Crippen MR) is 78.9 cm³/mol. The molecule has 0 spiro atoms. The highest BCUT2D eigenvalue weighted by Crippen LogP contribution is 2.13. The van der Waals surface area contributed by atoms with Gasteiger partial charge >= 0.3 is 0 Å². The Morgan fingerprint density at radius 2 is 2.25 bits per heavy atom. The lowest BCUT2D eigenvalue weighted by Gasteiger charge is -2.14. The average Bonchev–Trinajstić information content (AvgIpc) is 2.50. The minimum Gasteiger partial charge on any atom is -0.375 e. The normalized spacial score (nSPS) is 12.2. The van der Waals surface area contributed by atoms with Crippen LogP contribution in [0.3, 0.4) is 0 Å². The van der Waals surface area contributed by atoms with Crippen LogP contribution < -0.4 is 11.3 Å². The van der Waals surface area contributed by atoms with E-state index in [1.807, 2.05) is 6.07 Å². The fourth-order valence-electron chi connectivity index (χ4n) is 1.99. The summed E-state index contributed by atoms with van der Waals surface area (Å²) in [6.45, 7) is 5.55. The Labute approximate surface area is 120 Å². The molecule has 0 aliphatic heterocycles. The van der Waals surface area contributed by atoms with Crippen LogP contribution in [0.5, 0.6) is 0 Å². The zero-order chi connectivity index (χ0) is 14.8. The molecule has 1 aromatic heterocycles. The summed E-state index contributed by atoms with van der Waals surface area (Å²) in [5.41, 5.74) is 3.13. The minimum atomic E-state index is -0.388. The lowest BCUT2D eigenvalue weighted by atomic mass is 10.0. The monoisotopic (exact) mass is 279 g/mol. The summed E-state index contributed by atoms with van der Waals surface area (Å²) in [5.74, 6) is 5.30. The summed E-state index contributed by atoms with van der Waals surface area (Å²) in [6.07, 6.45) is 4.79. The number of pyridine rings is 1. The molecule has 20 heavy (non-hydrogen) atoms. The predicted octanol–water partition coefficient (Wildman–Crippen LogP) is 2.42. The molecule has 112 valence electrons. The third-order valence-electron chi connectivity index (χ3n) is 3.32. The molecule has 0 bridgehead atoms. The maximum atomic E-state index is 11.4. The van der Waals surface area contributed by atoms with Gasteiger partial charge in [0.25, 0.3) is 5.91 Å². The Bertz CT molecular complexity index is 410. The molecule has 5 heteroatoms. The molecular weight excluding hydrogens is 254 g/mol. The Morgan fingerprint density at radius 1 is 1.45 bits per heavy atom. The largest absolute Gasteiger partial charge is 0.375 e. The Kier molecular flexibility index (Phi) is 7.84. The van der Waals surface area contributed by atoms with Crippen molar-refractivity contribution in [2.45, 2.75) is 46.1 Å². The van der Waals surface area contributed by atoms with E-state index in [2.05, 4.69) is 24.3 Å². The first kappa shape index (κ1) is 16.6. The molecule has 1 unspecified atom stereocenters. The van der Waals surface area contributed by atoms with E-state index >= 15 is 0 Å². The summed E-state index contributed by atoms with van der Waals surface area (Å²) < 4.78 is 5.71. The molecule has 0 saturated heterocycles. The zero-order valence-corrected chi connectivity index (χ0v) is 12.4. The maximum absolute atomic E-state index is 11.4. The van der Waals surface area contributed by atoms with E-state index < -0.39 is 0 Å². The van der Waals surface area contributed by atoms with Crippen LogP contribution in [0.25, 0.3) is 0 Å². The number of amides is 1. The molecule has 1 rings (SSSR count). The number of hydrogen-bond donors (Lipinski definition) is 2. The number of aromatic nitrogens is 1. The maximum Gasteiger partial charge on any atom is 0.283 e. The van der Waals surface area contributed by atoms with Crippen LogP contribution in [-0.4, -0.2) is 17.5 Å². The van der Waals surface area contributed by atoms with Crippen molar-refractivity contribution in [1.82, 2.24) is 10.4 Å². The summed E-state index contributed by atoms with van der Waals surface area (Å²) in [4.78, 5) is 15.6. The molecule has 1 aromatic rings. The number of nitrogen functional groups attached to an aromatic ring is 1. The number of unbranched alkanes of at least 4 members (excludes halogenated alkanes) is 1. The molecule has 0 fully saturated rings. The summed E-state index contributed by atoms with van der Waals surface area (Å²) in [5, 5.41) is 0. The third-order valence-corrected chi connectivity index (χ3v) is 3.32. The second-order valence-electron chi connectivity index (χ2n) is 4.92. The van der Waals surface area contributed by atoms with Gasteiger partial charge in [-0.15, -0.1) is 0 Å². The summed E-state index contributed by atoms with van der Waals surface area (Å²) in [6, 6.07) is 5.26. The number of nitrogens with one attached hydrogen (secondary N) is 1. The van der Waals surface area contributed by atoms with Gasteiger partial charge in [0.05, 0.1) is 12.3 Å². The molecule has 5 nitrogen and oxygen atoms in total. The smallest absolute Gasteiger partial charge is 0.283 e. The van der Waals surface area contributed by atoms with Crippen LogP contribution >= 0.6 is 0 Å². The van der Waals surface area contributed by atoms with E-state index in [0.29, 0.717) is 18.2 Å². The first-order valence-corrected chi connectivity index (χ1v) is 7.25.